The number of amides is 1. The van der Waals surface area contributed by atoms with Crippen LogP contribution in [0.2, 0.25) is 0 Å². The van der Waals surface area contributed by atoms with Gasteiger partial charge in [0, 0.05) is 12.1 Å². The Morgan fingerprint density at radius 1 is 1.00 bits per heavy atom. The monoisotopic (exact) mass is 283 g/mol. The van der Waals surface area contributed by atoms with E-state index in [1.807, 2.05) is 24.3 Å². The van der Waals surface area contributed by atoms with E-state index in [1.165, 1.54) is 0 Å². The molecule has 0 aromatic heterocycles. The van der Waals surface area contributed by atoms with E-state index in [1.54, 1.807) is 43.3 Å². The summed E-state index contributed by atoms with van der Waals surface area (Å²) >= 11 is 0. The van der Waals surface area contributed by atoms with Crippen molar-refractivity contribution in [3.8, 4) is 0 Å². The lowest BCUT2D eigenvalue weighted by molar-refractivity contribution is -0.145. The van der Waals surface area contributed by atoms with Gasteiger partial charge in [-0.1, -0.05) is 48.5 Å². The maximum Gasteiger partial charge on any atom is 0.314 e. The summed E-state index contributed by atoms with van der Waals surface area (Å²) in [6.45, 7) is 1.56. The molecule has 2 aromatic rings. The lowest BCUT2D eigenvalue weighted by Crippen LogP contribution is -2.36. The van der Waals surface area contributed by atoms with Crippen LogP contribution in [0, 0.1) is 0 Å². The van der Waals surface area contributed by atoms with Gasteiger partial charge in [-0.2, -0.15) is 0 Å². The minimum absolute atomic E-state index is 0.124. The van der Waals surface area contributed by atoms with E-state index >= 15 is 0 Å². The maximum absolute atomic E-state index is 12.1. The van der Waals surface area contributed by atoms with E-state index in [4.69, 9.17) is 0 Å². The molecule has 21 heavy (non-hydrogen) atoms. The number of para-hydroxylation sites is 1. The molecule has 0 spiro atoms. The summed E-state index contributed by atoms with van der Waals surface area (Å²) in [4.78, 5) is 23.8. The number of aliphatic carboxylic acids is 1. The van der Waals surface area contributed by atoms with Gasteiger partial charge in [-0.25, -0.2) is 0 Å². The van der Waals surface area contributed by atoms with Crippen molar-refractivity contribution >= 4 is 17.6 Å². The summed E-state index contributed by atoms with van der Waals surface area (Å²) in [6, 6.07) is 17.8. The fourth-order valence-electron chi connectivity index (χ4n) is 2.15. The van der Waals surface area contributed by atoms with Gasteiger partial charge in [0.25, 0.3) is 0 Å². The van der Waals surface area contributed by atoms with Crippen LogP contribution in [0.25, 0.3) is 0 Å². The van der Waals surface area contributed by atoms with Crippen LogP contribution in [0.4, 0.5) is 5.69 Å². The summed E-state index contributed by atoms with van der Waals surface area (Å²) in [5, 5.41) is 12.2. The van der Waals surface area contributed by atoms with Gasteiger partial charge in [0.1, 0.15) is 0 Å². The van der Waals surface area contributed by atoms with E-state index < -0.39 is 11.4 Å². The highest BCUT2D eigenvalue weighted by atomic mass is 16.4. The van der Waals surface area contributed by atoms with E-state index in [-0.39, 0.29) is 12.3 Å². The largest absolute Gasteiger partial charge is 0.481 e. The second-order valence-electron chi connectivity index (χ2n) is 5.09. The molecule has 0 bridgehead atoms. The molecule has 0 fully saturated rings. The highest BCUT2D eigenvalue weighted by Gasteiger charge is 2.37. The Morgan fingerprint density at radius 2 is 1.52 bits per heavy atom. The third kappa shape index (κ3) is 3.48. The quantitative estimate of drug-likeness (QED) is 0.886. The fourth-order valence-corrected chi connectivity index (χ4v) is 2.15. The molecular weight excluding hydrogens is 266 g/mol. The van der Waals surface area contributed by atoms with Crippen LogP contribution >= 0.6 is 0 Å². The van der Waals surface area contributed by atoms with Crippen molar-refractivity contribution in [3.63, 3.8) is 0 Å². The smallest absolute Gasteiger partial charge is 0.314 e. The first-order chi connectivity index (χ1) is 10.0. The second-order valence-corrected chi connectivity index (χ2v) is 5.09. The van der Waals surface area contributed by atoms with E-state index in [2.05, 4.69) is 5.32 Å². The Kier molecular flexibility index (Phi) is 4.38. The maximum atomic E-state index is 12.1. The molecule has 0 saturated carbocycles. The summed E-state index contributed by atoms with van der Waals surface area (Å²) in [5.74, 6) is -1.34. The van der Waals surface area contributed by atoms with Gasteiger partial charge in [0.05, 0.1) is 5.41 Å². The van der Waals surface area contributed by atoms with Crippen molar-refractivity contribution in [2.45, 2.75) is 18.8 Å². The zero-order valence-electron chi connectivity index (χ0n) is 11.7. The van der Waals surface area contributed by atoms with Crippen molar-refractivity contribution in [2.75, 3.05) is 5.32 Å². The summed E-state index contributed by atoms with van der Waals surface area (Å²) in [7, 11) is 0. The van der Waals surface area contributed by atoms with Crippen molar-refractivity contribution in [2.24, 2.45) is 0 Å². The number of carboxylic acid groups (broad SMARTS) is 1. The number of anilines is 1. The third-order valence-corrected chi connectivity index (χ3v) is 3.45. The first kappa shape index (κ1) is 14.8. The molecule has 1 atom stereocenters. The molecule has 0 aliphatic rings. The average molecular weight is 283 g/mol. The molecule has 2 rings (SSSR count). The Morgan fingerprint density at radius 3 is 2.05 bits per heavy atom. The zero-order valence-corrected chi connectivity index (χ0v) is 11.7. The zero-order chi connectivity index (χ0) is 15.3. The number of nitrogens with one attached hydrogen (secondary N) is 1. The van der Waals surface area contributed by atoms with E-state index in [9.17, 15) is 14.7 Å². The number of benzene rings is 2. The Labute approximate surface area is 123 Å². The van der Waals surface area contributed by atoms with Crippen LogP contribution in [-0.4, -0.2) is 17.0 Å². The first-order valence-corrected chi connectivity index (χ1v) is 6.66. The number of hydrogen-bond donors (Lipinski definition) is 2. The molecular formula is C17H17NO3. The SMILES string of the molecule is CC(CC(=O)Nc1ccccc1)(C(=O)O)c1ccccc1. The second kappa shape index (κ2) is 6.22. The molecule has 1 unspecified atom stereocenters. The fraction of sp³-hybridized carbons (Fsp3) is 0.176. The molecule has 0 radical (unpaired) electrons. The minimum atomic E-state index is -1.25. The molecule has 0 heterocycles. The molecule has 4 nitrogen and oxygen atoms in total. The number of hydrogen-bond acceptors (Lipinski definition) is 2. The predicted molar refractivity (Wildman–Crippen MR) is 81.1 cm³/mol. The van der Waals surface area contributed by atoms with Crippen molar-refractivity contribution in [3.05, 3.63) is 66.2 Å². The van der Waals surface area contributed by atoms with Crippen LogP contribution in [0.1, 0.15) is 18.9 Å². The van der Waals surface area contributed by atoms with Gasteiger partial charge in [0.15, 0.2) is 0 Å². The van der Waals surface area contributed by atoms with Crippen LogP contribution in [0.15, 0.2) is 60.7 Å². The first-order valence-electron chi connectivity index (χ1n) is 6.66. The Bertz CT molecular complexity index is 625. The van der Waals surface area contributed by atoms with Crippen LogP contribution < -0.4 is 5.32 Å². The van der Waals surface area contributed by atoms with Crippen LogP contribution in [0.5, 0.6) is 0 Å². The van der Waals surface area contributed by atoms with Crippen molar-refractivity contribution < 1.29 is 14.7 Å². The topological polar surface area (TPSA) is 66.4 Å². The van der Waals surface area contributed by atoms with E-state index in [0.29, 0.717) is 11.3 Å². The normalized spacial score (nSPS) is 13.2. The molecule has 2 N–H and O–H groups in total. The third-order valence-electron chi connectivity index (χ3n) is 3.45. The minimum Gasteiger partial charge on any atom is -0.481 e. The Hall–Kier alpha value is -2.62. The number of carbonyl (C=O) groups is 2. The van der Waals surface area contributed by atoms with Gasteiger partial charge in [-0.3, -0.25) is 9.59 Å². The van der Waals surface area contributed by atoms with Gasteiger partial charge in [-0.05, 0) is 24.6 Å². The average Bonchev–Trinajstić information content (AvgIpc) is 2.48. The highest BCUT2D eigenvalue weighted by molar-refractivity contribution is 5.96. The van der Waals surface area contributed by atoms with Gasteiger partial charge < -0.3 is 10.4 Å². The predicted octanol–water partition coefficient (Wildman–Crippen LogP) is 3.06. The molecule has 2 aromatic carbocycles. The van der Waals surface area contributed by atoms with Crippen LogP contribution in [0.3, 0.4) is 0 Å². The van der Waals surface area contributed by atoms with Gasteiger partial charge in [-0.15, -0.1) is 0 Å². The summed E-state index contributed by atoms with van der Waals surface area (Å²) in [5.41, 5.74) is 0.0177. The standard InChI is InChI=1S/C17H17NO3/c1-17(16(20)21,13-8-4-2-5-9-13)12-15(19)18-14-10-6-3-7-11-14/h2-11H,12H2,1H3,(H,18,19)(H,20,21). The highest BCUT2D eigenvalue weighted by Crippen LogP contribution is 2.28. The lowest BCUT2D eigenvalue weighted by atomic mass is 9.79. The molecule has 0 aliphatic heterocycles. The summed E-state index contributed by atoms with van der Waals surface area (Å²) < 4.78 is 0. The molecule has 0 saturated heterocycles. The summed E-state index contributed by atoms with van der Waals surface area (Å²) in [6.07, 6.45) is -0.124. The number of carbonyl (C=O) groups excluding carboxylic acids is 1. The van der Waals surface area contributed by atoms with Crippen molar-refractivity contribution in [1.82, 2.24) is 0 Å². The number of rotatable bonds is 5. The Balaban J connectivity index is 2.17. The molecule has 1 amide bonds. The van der Waals surface area contributed by atoms with Gasteiger partial charge in [0.2, 0.25) is 5.91 Å². The van der Waals surface area contributed by atoms with E-state index in [0.717, 1.165) is 0 Å². The van der Waals surface area contributed by atoms with Crippen molar-refractivity contribution in [1.29, 1.82) is 0 Å². The van der Waals surface area contributed by atoms with Crippen LogP contribution in [-0.2, 0) is 15.0 Å². The lowest BCUT2D eigenvalue weighted by Gasteiger charge is -2.24. The number of carboxylic acids is 1. The molecule has 0 aliphatic carbocycles. The molecule has 4 heteroatoms. The van der Waals surface area contributed by atoms with Gasteiger partial charge >= 0.3 is 5.97 Å². The molecule has 108 valence electrons.